The molecule has 2 aromatic carbocycles. The molecule has 0 radical (unpaired) electrons. The van der Waals surface area contributed by atoms with Gasteiger partial charge in [0.2, 0.25) is 0 Å². The van der Waals surface area contributed by atoms with Crippen molar-refractivity contribution in [2.75, 3.05) is 41.0 Å². The van der Waals surface area contributed by atoms with E-state index in [9.17, 15) is 5.11 Å². The number of aliphatic hydroxyl groups excluding tert-OH is 1. The molecule has 7 nitrogen and oxygen atoms in total. The van der Waals surface area contributed by atoms with Crippen molar-refractivity contribution in [1.82, 2.24) is 5.32 Å². The smallest absolute Gasteiger partial charge is 0.160 e. The van der Waals surface area contributed by atoms with Crippen molar-refractivity contribution < 1.29 is 24.1 Å². The Morgan fingerprint density at radius 2 is 1.78 bits per heavy atom. The maximum atomic E-state index is 10.2. The number of ether oxygens (including phenoxy) is 4. The van der Waals surface area contributed by atoms with E-state index in [2.05, 4.69) is 5.32 Å². The first-order valence-corrected chi connectivity index (χ1v) is 9.99. The third kappa shape index (κ3) is 7.97. The van der Waals surface area contributed by atoms with Gasteiger partial charge in [0.15, 0.2) is 11.5 Å². The lowest BCUT2D eigenvalue weighted by Crippen LogP contribution is -2.32. The zero-order valence-corrected chi connectivity index (χ0v) is 19.7. The molecule has 0 spiro atoms. The van der Waals surface area contributed by atoms with Gasteiger partial charge in [-0.2, -0.15) is 5.26 Å². The minimum Gasteiger partial charge on any atom is -0.496 e. The monoisotopic (exact) mass is 462 g/mol. The van der Waals surface area contributed by atoms with Gasteiger partial charge in [0.05, 0.1) is 27.4 Å². The van der Waals surface area contributed by atoms with Crippen LogP contribution in [-0.2, 0) is 6.42 Å². The van der Waals surface area contributed by atoms with Crippen molar-refractivity contribution in [2.45, 2.75) is 19.4 Å². The number of halogens is 1. The second kappa shape index (κ2) is 14.2. The molecule has 1 unspecified atom stereocenters. The highest BCUT2D eigenvalue weighted by molar-refractivity contribution is 5.85. The maximum absolute atomic E-state index is 10.2. The molecule has 0 aliphatic rings. The van der Waals surface area contributed by atoms with Crippen molar-refractivity contribution in [2.24, 2.45) is 0 Å². The summed E-state index contributed by atoms with van der Waals surface area (Å²) < 4.78 is 21.6. The molecule has 0 bridgehead atoms. The van der Waals surface area contributed by atoms with Gasteiger partial charge < -0.3 is 29.4 Å². The standard InChI is InChI=1S/C24H30N2O5.ClH/c1-17(9-11-25)21-7-6-20(14-23(21)29-3)31-16-19(27)15-26-12-10-18-5-8-22(28-2)24(13-18)30-4;/h5-9,13-14,19,26-27H,10,12,15-16H2,1-4H3;1H/b17-9-;. The Morgan fingerprint density at radius 1 is 1.06 bits per heavy atom. The number of rotatable bonds is 12. The van der Waals surface area contributed by atoms with Gasteiger partial charge in [0, 0.05) is 24.3 Å². The normalized spacial score (nSPS) is 11.7. The van der Waals surface area contributed by atoms with E-state index in [-0.39, 0.29) is 19.0 Å². The first-order valence-electron chi connectivity index (χ1n) is 9.99. The van der Waals surface area contributed by atoms with Crippen LogP contribution in [0.1, 0.15) is 18.1 Å². The third-order valence-electron chi connectivity index (χ3n) is 4.74. The van der Waals surface area contributed by atoms with Crippen molar-refractivity contribution in [3.05, 3.63) is 53.6 Å². The quantitative estimate of drug-likeness (QED) is 0.367. The molecule has 2 N–H and O–H groups in total. The van der Waals surface area contributed by atoms with Gasteiger partial charge in [0.1, 0.15) is 24.2 Å². The minimum atomic E-state index is -0.656. The van der Waals surface area contributed by atoms with E-state index in [1.807, 2.05) is 37.3 Å². The predicted octanol–water partition coefficient (Wildman–Crippen LogP) is 3.63. The number of hydrogen-bond donors (Lipinski definition) is 2. The Balaban J connectivity index is 0.00000512. The average molecular weight is 463 g/mol. The van der Waals surface area contributed by atoms with Crippen LogP contribution >= 0.6 is 12.4 Å². The fourth-order valence-electron chi connectivity index (χ4n) is 3.05. The van der Waals surface area contributed by atoms with Crippen molar-refractivity contribution in [3.8, 4) is 29.1 Å². The van der Waals surface area contributed by atoms with Gasteiger partial charge in [-0.15, -0.1) is 12.4 Å². The SMILES string of the molecule is COc1ccc(CCNCC(O)COc2ccc(/C(C)=C\C#N)c(OC)c2)cc1OC.Cl. The molecular formula is C24H31ClN2O5. The Hall–Kier alpha value is -2.92. The van der Waals surface area contributed by atoms with Crippen LogP contribution in [0.25, 0.3) is 5.57 Å². The van der Waals surface area contributed by atoms with Crippen LogP contribution in [0.15, 0.2) is 42.5 Å². The largest absolute Gasteiger partial charge is 0.496 e. The highest BCUT2D eigenvalue weighted by atomic mass is 35.5. The van der Waals surface area contributed by atoms with Gasteiger partial charge in [0.25, 0.3) is 0 Å². The van der Waals surface area contributed by atoms with Crippen molar-refractivity contribution >= 4 is 18.0 Å². The summed E-state index contributed by atoms with van der Waals surface area (Å²) in [7, 11) is 4.79. The van der Waals surface area contributed by atoms with E-state index in [0.29, 0.717) is 36.1 Å². The topological polar surface area (TPSA) is 93.0 Å². The first-order chi connectivity index (χ1) is 15.0. The highest BCUT2D eigenvalue weighted by Gasteiger charge is 2.10. The van der Waals surface area contributed by atoms with Crippen LogP contribution in [0, 0.1) is 11.3 Å². The summed E-state index contributed by atoms with van der Waals surface area (Å²) in [5.41, 5.74) is 2.75. The molecule has 0 saturated heterocycles. The molecular weight excluding hydrogens is 432 g/mol. The van der Waals surface area contributed by atoms with Gasteiger partial charge >= 0.3 is 0 Å². The lowest BCUT2D eigenvalue weighted by atomic mass is 10.1. The van der Waals surface area contributed by atoms with Crippen LogP contribution in [0.5, 0.6) is 23.0 Å². The Bertz CT molecular complexity index is 927. The van der Waals surface area contributed by atoms with Gasteiger partial charge in [-0.1, -0.05) is 6.07 Å². The Kier molecular flexibility index (Phi) is 12.0. The van der Waals surface area contributed by atoms with Crippen molar-refractivity contribution in [3.63, 3.8) is 0 Å². The molecule has 2 rings (SSSR count). The molecule has 0 fully saturated rings. The molecule has 0 aromatic heterocycles. The van der Waals surface area contributed by atoms with Gasteiger partial charge in [-0.25, -0.2) is 0 Å². The fraction of sp³-hybridized carbons (Fsp3) is 0.375. The number of nitriles is 1. The summed E-state index contributed by atoms with van der Waals surface area (Å²) in [6.07, 6.45) is 1.61. The number of aliphatic hydroxyl groups is 1. The van der Waals surface area contributed by atoms with Gasteiger partial charge in [-0.05, 0) is 55.3 Å². The van der Waals surface area contributed by atoms with Crippen LogP contribution in [0.4, 0.5) is 0 Å². The predicted molar refractivity (Wildman–Crippen MR) is 127 cm³/mol. The molecule has 8 heteroatoms. The summed E-state index contributed by atoms with van der Waals surface area (Å²) >= 11 is 0. The maximum Gasteiger partial charge on any atom is 0.160 e. The van der Waals surface area contributed by atoms with Crippen LogP contribution in [0.2, 0.25) is 0 Å². The molecule has 2 aromatic rings. The van der Waals surface area contributed by atoms with Crippen molar-refractivity contribution in [1.29, 1.82) is 5.26 Å². The molecule has 0 amide bonds. The van der Waals surface area contributed by atoms with E-state index in [4.69, 9.17) is 24.2 Å². The number of allylic oxidation sites excluding steroid dienone is 2. The molecule has 0 heterocycles. The molecule has 1 atom stereocenters. The summed E-state index contributed by atoms with van der Waals surface area (Å²) in [4.78, 5) is 0. The van der Waals surface area contributed by atoms with E-state index in [0.717, 1.165) is 23.1 Å². The van der Waals surface area contributed by atoms with Gasteiger partial charge in [-0.3, -0.25) is 0 Å². The zero-order valence-electron chi connectivity index (χ0n) is 18.9. The second-order valence-corrected chi connectivity index (χ2v) is 6.93. The summed E-state index contributed by atoms with van der Waals surface area (Å²) in [6, 6.07) is 13.2. The molecule has 0 aliphatic carbocycles. The highest BCUT2D eigenvalue weighted by Crippen LogP contribution is 2.30. The Labute approximate surface area is 196 Å². The number of nitrogens with zero attached hydrogens (tertiary/aromatic N) is 1. The molecule has 174 valence electrons. The summed E-state index contributed by atoms with van der Waals surface area (Å²) in [5, 5.41) is 22.3. The van der Waals surface area contributed by atoms with Crippen LogP contribution in [0.3, 0.4) is 0 Å². The van der Waals surface area contributed by atoms with E-state index < -0.39 is 6.10 Å². The number of benzene rings is 2. The molecule has 0 saturated carbocycles. The summed E-state index contributed by atoms with van der Waals surface area (Å²) in [5.74, 6) is 2.61. The summed E-state index contributed by atoms with van der Waals surface area (Å²) in [6.45, 7) is 3.12. The lowest BCUT2D eigenvalue weighted by Gasteiger charge is -2.15. The lowest BCUT2D eigenvalue weighted by molar-refractivity contribution is 0.106. The fourth-order valence-corrected chi connectivity index (χ4v) is 3.05. The van der Waals surface area contributed by atoms with Crippen LogP contribution < -0.4 is 24.3 Å². The Morgan fingerprint density at radius 3 is 2.44 bits per heavy atom. The number of nitrogens with one attached hydrogen (secondary N) is 1. The van der Waals surface area contributed by atoms with Crippen LogP contribution in [-0.4, -0.2) is 52.2 Å². The zero-order chi connectivity index (χ0) is 22.6. The van der Waals surface area contributed by atoms with E-state index in [1.54, 1.807) is 33.5 Å². The number of methoxy groups -OCH3 is 3. The molecule has 0 aliphatic heterocycles. The third-order valence-corrected chi connectivity index (χ3v) is 4.74. The minimum absolute atomic E-state index is 0. The average Bonchev–Trinajstić information content (AvgIpc) is 2.80. The molecule has 32 heavy (non-hydrogen) atoms. The number of hydrogen-bond acceptors (Lipinski definition) is 7. The van der Waals surface area contributed by atoms with E-state index in [1.165, 1.54) is 6.08 Å². The van der Waals surface area contributed by atoms with E-state index >= 15 is 0 Å². The first kappa shape index (κ1) is 27.1. The second-order valence-electron chi connectivity index (χ2n) is 6.93.